The van der Waals surface area contributed by atoms with Crippen LogP contribution in [0.5, 0.6) is 0 Å². The molecule has 2 heterocycles. The van der Waals surface area contributed by atoms with Gasteiger partial charge >= 0.3 is 6.18 Å². The van der Waals surface area contributed by atoms with Crippen molar-refractivity contribution in [2.75, 3.05) is 22.6 Å². The monoisotopic (exact) mass is 421 g/mol. The molecule has 1 aliphatic rings. The minimum atomic E-state index is -4.50. The summed E-state index contributed by atoms with van der Waals surface area (Å²) in [4.78, 5) is 12.5. The Morgan fingerprint density at radius 2 is 2.12 bits per heavy atom. The molecule has 1 aliphatic heterocycles. The first-order valence-electron chi connectivity index (χ1n) is 7.69. The second-order valence-electron chi connectivity index (χ2n) is 5.67. The van der Waals surface area contributed by atoms with E-state index in [1.165, 1.54) is 10.7 Å². The largest absolute Gasteiger partial charge is 0.416 e. The smallest absolute Gasteiger partial charge is 0.310 e. The average Bonchev–Trinajstić information content (AvgIpc) is 2.95. The zero-order chi connectivity index (χ0) is 18.9. The predicted molar refractivity (Wildman–Crippen MR) is 101 cm³/mol. The van der Waals surface area contributed by atoms with Gasteiger partial charge in [0.1, 0.15) is 5.82 Å². The van der Waals surface area contributed by atoms with Gasteiger partial charge in [0.05, 0.1) is 27.2 Å². The van der Waals surface area contributed by atoms with Crippen molar-refractivity contribution in [3.05, 3.63) is 40.5 Å². The second kappa shape index (κ2) is 7.74. The van der Waals surface area contributed by atoms with Crippen LogP contribution in [0.2, 0.25) is 5.02 Å². The molecule has 1 saturated heterocycles. The molecule has 0 aliphatic carbocycles. The van der Waals surface area contributed by atoms with Gasteiger partial charge in [-0.2, -0.15) is 30.0 Å². The lowest BCUT2D eigenvalue weighted by atomic mass is 10.2. The van der Waals surface area contributed by atoms with Crippen molar-refractivity contribution in [3.8, 4) is 5.69 Å². The van der Waals surface area contributed by atoms with E-state index in [1.807, 2.05) is 0 Å². The minimum absolute atomic E-state index is 0.0653. The molecule has 1 aromatic heterocycles. The summed E-state index contributed by atoms with van der Waals surface area (Å²) in [7, 11) is 0. The van der Waals surface area contributed by atoms with Crippen LogP contribution in [-0.2, 0) is 11.0 Å². The van der Waals surface area contributed by atoms with Crippen molar-refractivity contribution in [1.82, 2.24) is 9.78 Å². The summed E-state index contributed by atoms with van der Waals surface area (Å²) in [5.74, 6) is 2.70. The van der Waals surface area contributed by atoms with E-state index in [0.717, 1.165) is 23.6 Å². The number of thioether (sulfide) groups is 2. The van der Waals surface area contributed by atoms with Gasteiger partial charge < -0.3 is 5.32 Å². The molecule has 1 fully saturated rings. The summed E-state index contributed by atoms with van der Waals surface area (Å²) in [6.07, 6.45) is -4.50. The van der Waals surface area contributed by atoms with Gasteiger partial charge in [-0.15, -0.1) is 11.8 Å². The Morgan fingerprint density at radius 1 is 1.35 bits per heavy atom. The van der Waals surface area contributed by atoms with Gasteiger partial charge in [-0.1, -0.05) is 11.6 Å². The summed E-state index contributed by atoms with van der Waals surface area (Å²) in [6, 6.07) is 4.62. The van der Waals surface area contributed by atoms with Crippen LogP contribution in [0.1, 0.15) is 11.3 Å². The van der Waals surface area contributed by atoms with E-state index in [2.05, 4.69) is 10.4 Å². The number of aromatic nitrogens is 2. The van der Waals surface area contributed by atoms with Gasteiger partial charge in [0.25, 0.3) is 0 Å². The maximum Gasteiger partial charge on any atom is 0.416 e. The van der Waals surface area contributed by atoms with E-state index in [0.29, 0.717) is 17.3 Å². The maximum atomic E-state index is 13.0. The first kappa shape index (κ1) is 19.4. The Bertz CT molecular complexity index is 820. The molecule has 1 N–H and O–H groups in total. The molecule has 0 radical (unpaired) electrons. The van der Waals surface area contributed by atoms with Crippen LogP contribution in [0.3, 0.4) is 0 Å². The number of benzene rings is 1. The van der Waals surface area contributed by atoms with E-state index in [4.69, 9.17) is 11.6 Å². The lowest BCUT2D eigenvalue weighted by molar-refractivity contribution is -0.137. The minimum Gasteiger partial charge on any atom is -0.310 e. The summed E-state index contributed by atoms with van der Waals surface area (Å²) in [5, 5.41) is 6.88. The van der Waals surface area contributed by atoms with Crippen LogP contribution >= 0.6 is 35.1 Å². The number of halogens is 4. The van der Waals surface area contributed by atoms with Crippen LogP contribution < -0.4 is 5.32 Å². The molecule has 2 aromatic rings. The third-order valence-electron chi connectivity index (χ3n) is 3.69. The summed E-state index contributed by atoms with van der Waals surface area (Å²) < 4.78 is 40.3. The van der Waals surface area contributed by atoms with Crippen LogP contribution in [-0.4, -0.2) is 38.2 Å². The highest BCUT2D eigenvalue weighted by atomic mass is 35.5. The number of aryl methyl sites for hydroxylation is 1. The third-order valence-corrected chi connectivity index (χ3v) is 6.77. The quantitative estimate of drug-likeness (QED) is 0.784. The molecule has 1 atom stereocenters. The fourth-order valence-corrected chi connectivity index (χ4v) is 5.22. The van der Waals surface area contributed by atoms with Gasteiger partial charge in [0, 0.05) is 23.3 Å². The van der Waals surface area contributed by atoms with E-state index in [-0.39, 0.29) is 21.9 Å². The van der Waals surface area contributed by atoms with Gasteiger partial charge in [0.15, 0.2) is 0 Å². The number of nitrogens with one attached hydrogen (secondary N) is 1. The highest BCUT2D eigenvalue weighted by Gasteiger charge is 2.31. The molecular weight excluding hydrogens is 407 g/mol. The van der Waals surface area contributed by atoms with Gasteiger partial charge in [-0.3, -0.25) is 4.79 Å². The summed E-state index contributed by atoms with van der Waals surface area (Å²) in [5.41, 5.74) is -0.211. The second-order valence-corrected chi connectivity index (χ2v) is 8.54. The Labute approximate surface area is 161 Å². The van der Waals surface area contributed by atoms with Crippen molar-refractivity contribution in [2.45, 2.75) is 18.3 Å². The fraction of sp³-hybridized carbons (Fsp3) is 0.375. The Kier molecular flexibility index (Phi) is 5.78. The number of anilines is 1. The van der Waals surface area contributed by atoms with E-state index >= 15 is 0 Å². The number of amides is 1. The van der Waals surface area contributed by atoms with E-state index < -0.39 is 11.7 Å². The Morgan fingerprint density at radius 3 is 2.77 bits per heavy atom. The molecule has 26 heavy (non-hydrogen) atoms. The van der Waals surface area contributed by atoms with Crippen molar-refractivity contribution in [2.24, 2.45) is 0 Å². The Hall–Kier alpha value is -1.32. The van der Waals surface area contributed by atoms with Crippen LogP contribution in [0.4, 0.5) is 19.0 Å². The highest BCUT2D eigenvalue weighted by molar-refractivity contribution is 8.07. The average molecular weight is 422 g/mol. The van der Waals surface area contributed by atoms with Crippen LogP contribution in [0.15, 0.2) is 24.3 Å². The molecular formula is C16H15ClF3N3OS2. The van der Waals surface area contributed by atoms with Crippen molar-refractivity contribution >= 4 is 46.8 Å². The first-order valence-corrected chi connectivity index (χ1v) is 10.3. The zero-order valence-electron chi connectivity index (χ0n) is 13.6. The number of hydrogen-bond acceptors (Lipinski definition) is 4. The normalized spacial score (nSPS) is 18.0. The molecule has 140 valence electrons. The Balaban J connectivity index is 1.93. The molecule has 4 nitrogen and oxygen atoms in total. The number of hydrogen-bond donors (Lipinski definition) is 1. The van der Waals surface area contributed by atoms with Crippen LogP contribution in [0, 0.1) is 6.92 Å². The predicted octanol–water partition coefficient (Wildman–Crippen LogP) is 4.64. The van der Waals surface area contributed by atoms with Crippen molar-refractivity contribution < 1.29 is 18.0 Å². The molecule has 1 unspecified atom stereocenters. The summed E-state index contributed by atoms with van der Waals surface area (Å²) >= 11 is 9.37. The number of nitrogens with zero attached hydrogens (tertiary/aromatic N) is 2. The molecule has 3 rings (SSSR count). The number of alkyl halides is 3. The van der Waals surface area contributed by atoms with E-state index in [1.54, 1.807) is 36.5 Å². The topological polar surface area (TPSA) is 46.9 Å². The van der Waals surface area contributed by atoms with Crippen molar-refractivity contribution in [3.63, 3.8) is 0 Å². The lowest BCUT2D eigenvalue weighted by Crippen LogP contribution is -2.30. The first-order chi connectivity index (χ1) is 12.3. The molecule has 1 amide bonds. The van der Waals surface area contributed by atoms with Crippen molar-refractivity contribution in [1.29, 1.82) is 0 Å². The van der Waals surface area contributed by atoms with E-state index in [9.17, 15) is 18.0 Å². The number of rotatable bonds is 3. The highest BCUT2D eigenvalue weighted by Crippen LogP contribution is 2.34. The van der Waals surface area contributed by atoms with Gasteiger partial charge in [-0.25, -0.2) is 4.68 Å². The van der Waals surface area contributed by atoms with Crippen LogP contribution in [0.25, 0.3) is 5.69 Å². The lowest BCUT2D eigenvalue weighted by Gasteiger charge is -2.20. The molecule has 10 heteroatoms. The summed E-state index contributed by atoms with van der Waals surface area (Å²) in [6.45, 7) is 1.69. The molecule has 0 bridgehead atoms. The standard InChI is InChI=1S/C16H15ClF3N3OS2/c1-9-6-14(21-15(24)13-8-25-4-5-26-13)23(22-9)12-7-10(16(18,19)20)2-3-11(12)17/h2-3,6-7,13H,4-5,8H2,1H3,(H,21,24). The molecule has 0 spiro atoms. The maximum absolute atomic E-state index is 13.0. The molecule has 0 saturated carbocycles. The number of carbonyl (C=O) groups is 1. The molecule has 1 aromatic carbocycles. The third kappa shape index (κ3) is 4.32. The fourth-order valence-electron chi connectivity index (χ4n) is 2.47. The SMILES string of the molecule is Cc1cc(NC(=O)C2CSCCS2)n(-c2cc(C(F)(F)F)ccc2Cl)n1. The number of carbonyl (C=O) groups excluding carboxylic acids is 1. The van der Waals surface area contributed by atoms with Gasteiger partial charge in [0.2, 0.25) is 5.91 Å². The zero-order valence-corrected chi connectivity index (χ0v) is 16.0. The van der Waals surface area contributed by atoms with Gasteiger partial charge in [-0.05, 0) is 25.1 Å².